The summed E-state index contributed by atoms with van der Waals surface area (Å²) in [6, 6.07) is 13.4. The van der Waals surface area contributed by atoms with E-state index in [1.165, 1.54) is 0 Å². The molecule has 7 nitrogen and oxygen atoms in total. The standard InChI is InChI=1S/C24H28N6O/c1-15(2)19-14-18(21-16(3)27-30(22(21)25-19)24(4,5)6)23(31)26-20-12-13-29(28-20)17-10-8-7-9-11-17/h7-15H,1-6H3,(H,26,28,31). The molecule has 3 aromatic heterocycles. The van der Waals surface area contributed by atoms with Crippen LogP contribution in [0, 0.1) is 6.92 Å². The molecule has 0 unspecified atom stereocenters. The van der Waals surface area contributed by atoms with Crippen LogP contribution in [0.5, 0.6) is 0 Å². The minimum Gasteiger partial charge on any atom is -0.305 e. The van der Waals surface area contributed by atoms with Crippen molar-refractivity contribution in [1.82, 2.24) is 24.5 Å². The first-order valence-corrected chi connectivity index (χ1v) is 10.5. The van der Waals surface area contributed by atoms with Crippen LogP contribution in [-0.4, -0.2) is 30.5 Å². The van der Waals surface area contributed by atoms with Gasteiger partial charge in [-0.25, -0.2) is 14.3 Å². The molecule has 4 aromatic rings. The summed E-state index contributed by atoms with van der Waals surface area (Å²) >= 11 is 0. The molecular formula is C24H28N6O. The van der Waals surface area contributed by atoms with Crippen LogP contribution in [0.3, 0.4) is 0 Å². The molecule has 0 spiro atoms. The van der Waals surface area contributed by atoms with Crippen molar-refractivity contribution >= 4 is 22.8 Å². The lowest BCUT2D eigenvalue weighted by molar-refractivity contribution is 0.102. The molecule has 0 aliphatic carbocycles. The Morgan fingerprint density at radius 3 is 2.42 bits per heavy atom. The predicted molar refractivity (Wildman–Crippen MR) is 123 cm³/mol. The van der Waals surface area contributed by atoms with E-state index in [2.05, 4.69) is 45.0 Å². The number of nitrogens with one attached hydrogen (secondary N) is 1. The summed E-state index contributed by atoms with van der Waals surface area (Å²) in [6.45, 7) is 12.3. The predicted octanol–water partition coefficient (Wildman–Crippen LogP) is 5.06. The second kappa shape index (κ2) is 7.65. The maximum atomic E-state index is 13.3. The molecule has 0 atom stereocenters. The Bertz CT molecular complexity index is 1240. The molecule has 31 heavy (non-hydrogen) atoms. The van der Waals surface area contributed by atoms with E-state index in [9.17, 15) is 4.79 Å². The number of benzene rings is 1. The van der Waals surface area contributed by atoms with Gasteiger partial charge in [-0.05, 0) is 51.8 Å². The first-order valence-electron chi connectivity index (χ1n) is 10.5. The van der Waals surface area contributed by atoms with Gasteiger partial charge < -0.3 is 5.32 Å². The third-order valence-corrected chi connectivity index (χ3v) is 5.16. The number of fused-ring (bicyclic) bond motifs is 1. The molecule has 0 saturated carbocycles. The molecule has 0 aliphatic heterocycles. The number of rotatable bonds is 4. The number of anilines is 1. The van der Waals surface area contributed by atoms with Gasteiger partial charge in [0.25, 0.3) is 5.91 Å². The SMILES string of the molecule is Cc1nn(C(C)(C)C)c2nc(C(C)C)cc(C(=O)Nc3ccn(-c4ccccc4)n3)c12. The van der Waals surface area contributed by atoms with Crippen molar-refractivity contribution in [2.75, 3.05) is 5.32 Å². The number of aryl methyl sites for hydroxylation is 1. The molecule has 0 radical (unpaired) electrons. The first kappa shape index (κ1) is 20.8. The molecule has 1 aromatic carbocycles. The first-order chi connectivity index (χ1) is 14.6. The van der Waals surface area contributed by atoms with E-state index >= 15 is 0 Å². The molecule has 0 saturated heterocycles. The molecular weight excluding hydrogens is 388 g/mol. The van der Waals surface area contributed by atoms with Gasteiger partial charge in [-0.15, -0.1) is 0 Å². The Kier molecular flexibility index (Phi) is 5.13. The van der Waals surface area contributed by atoms with Crippen molar-refractivity contribution in [2.24, 2.45) is 0 Å². The lowest BCUT2D eigenvalue weighted by Crippen LogP contribution is -2.24. The van der Waals surface area contributed by atoms with Gasteiger partial charge in [-0.1, -0.05) is 32.0 Å². The molecule has 4 rings (SSSR count). The highest BCUT2D eigenvalue weighted by Crippen LogP contribution is 2.29. The number of carbonyl (C=O) groups is 1. The van der Waals surface area contributed by atoms with Crippen molar-refractivity contribution in [3.05, 3.63) is 65.6 Å². The molecule has 0 aliphatic rings. The van der Waals surface area contributed by atoms with Gasteiger partial charge in [0.1, 0.15) is 0 Å². The van der Waals surface area contributed by atoms with Gasteiger partial charge in [-0.3, -0.25) is 4.79 Å². The van der Waals surface area contributed by atoms with Crippen LogP contribution in [0.25, 0.3) is 16.7 Å². The fraction of sp³-hybridized carbons (Fsp3) is 0.333. The molecule has 0 fully saturated rings. The number of aromatic nitrogens is 5. The topological polar surface area (TPSA) is 77.6 Å². The van der Waals surface area contributed by atoms with Crippen molar-refractivity contribution in [3.63, 3.8) is 0 Å². The highest BCUT2D eigenvalue weighted by Gasteiger charge is 2.25. The lowest BCUT2D eigenvalue weighted by Gasteiger charge is -2.20. The van der Waals surface area contributed by atoms with Crippen molar-refractivity contribution in [1.29, 1.82) is 0 Å². The Balaban J connectivity index is 1.76. The van der Waals surface area contributed by atoms with E-state index in [0.29, 0.717) is 11.4 Å². The smallest absolute Gasteiger partial charge is 0.257 e. The largest absolute Gasteiger partial charge is 0.305 e. The third kappa shape index (κ3) is 3.95. The third-order valence-electron chi connectivity index (χ3n) is 5.16. The van der Waals surface area contributed by atoms with E-state index in [-0.39, 0.29) is 17.4 Å². The number of pyridine rings is 1. The molecule has 3 heterocycles. The van der Waals surface area contributed by atoms with E-state index in [1.807, 2.05) is 54.2 Å². The summed E-state index contributed by atoms with van der Waals surface area (Å²) in [4.78, 5) is 18.2. The number of nitrogens with zero attached hydrogens (tertiary/aromatic N) is 5. The normalized spacial score (nSPS) is 12.0. The summed E-state index contributed by atoms with van der Waals surface area (Å²) in [7, 11) is 0. The fourth-order valence-electron chi connectivity index (χ4n) is 3.55. The van der Waals surface area contributed by atoms with E-state index in [4.69, 9.17) is 10.1 Å². The summed E-state index contributed by atoms with van der Waals surface area (Å²) in [5, 5.41) is 12.9. The van der Waals surface area contributed by atoms with E-state index in [1.54, 1.807) is 10.7 Å². The minimum atomic E-state index is -0.253. The highest BCUT2D eigenvalue weighted by atomic mass is 16.1. The zero-order chi connectivity index (χ0) is 22.3. The van der Waals surface area contributed by atoms with Crippen LogP contribution in [0.15, 0.2) is 48.7 Å². The monoisotopic (exact) mass is 416 g/mol. The van der Waals surface area contributed by atoms with Crippen molar-refractivity contribution < 1.29 is 4.79 Å². The van der Waals surface area contributed by atoms with Crippen LogP contribution in [0.4, 0.5) is 5.82 Å². The number of amides is 1. The van der Waals surface area contributed by atoms with Crippen LogP contribution < -0.4 is 5.32 Å². The van der Waals surface area contributed by atoms with Crippen LogP contribution >= 0.6 is 0 Å². The number of para-hydroxylation sites is 1. The summed E-state index contributed by atoms with van der Waals surface area (Å²) in [5.41, 5.74) is 3.62. The fourth-order valence-corrected chi connectivity index (χ4v) is 3.55. The van der Waals surface area contributed by atoms with E-state index < -0.39 is 0 Å². The number of carbonyl (C=O) groups excluding carboxylic acids is 1. The van der Waals surface area contributed by atoms with Crippen LogP contribution in [-0.2, 0) is 5.54 Å². The zero-order valence-electron chi connectivity index (χ0n) is 18.8. The summed E-state index contributed by atoms with van der Waals surface area (Å²) < 4.78 is 3.64. The Morgan fingerprint density at radius 2 is 1.77 bits per heavy atom. The molecule has 1 N–H and O–H groups in total. The maximum absolute atomic E-state index is 13.3. The highest BCUT2D eigenvalue weighted by molar-refractivity contribution is 6.12. The minimum absolute atomic E-state index is 0.178. The van der Waals surface area contributed by atoms with Gasteiger partial charge in [0, 0.05) is 18.0 Å². The van der Waals surface area contributed by atoms with Gasteiger partial charge >= 0.3 is 0 Å². The Labute approximate surface area is 182 Å². The van der Waals surface area contributed by atoms with Gasteiger partial charge in [-0.2, -0.15) is 10.2 Å². The van der Waals surface area contributed by atoms with Crippen molar-refractivity contribution in [3.8, 4) is 5.69 Å². The molecule has 160 valence electrons. The average Bonchev–Trinajstić information content (AvgIpc) is 3.32. The van der Waals surface area contributed by atoms with E-state index in [0.717, 1.165) is 28.1 Å². The van der Waals surface area contributed by atoms with Crippen LogP contribution in [0.2, 0.25) is 0 Å². The molecule has 7 heteroatoms. The molecule has 1 amide bonds. The second-order valence-corrected chi connectivity index (χ2v) is 9.05. The number of hydrogen-bond acceptors (Lipinski definition) is 4. The quantitative estimate of drug-likeness (QED) is 0.505. The average molecular weight is 417 g/mol. The van der Waals surface area contributed by atoms with Gasteiger partial charge in [0.2, 0.25) is 0 Å². The van der Waals surface area contributed by atoms with Gasteiger partial charge in [0.05, 0.1) is 27.9 Å². The number of hydrogen-bond donors (Lipinski definition) is 1. The summed E-state index contributed by atoms with van der Waals surface area (Å²) in [5.74, 6) is 0.451. The maximum Gasteiger partial charge on any atom is 0.257 e. The van der Waals surface area contributed by atoms with Crippen molar-refractivity contribution in [2.45, 2.75) is 53.0 Å². The second-order valence-electron chi connectivity index (χ2n) is 9.05. The van der Waals surface area contributed by atoms with Gasteiger partial charge in [0.15, 0.2) is 11.5 Å². The van der Waals surface area contributed by atoms with Crippen LogP contribution in [0.1, 0.15) is 62.3 Å². The Hall–Kier alpha value is -3.48. The lowest BCUT2D eigenvalue weighted by atomic mass is 10.0. The summed E-state index contributed by atoms with van der Waals surface area (Å²) in [6.07, 6.45) is 1.83. The zero-order valence-corrected chi connectivity index (χ0v) is 18.8. The molecule has 0 bridgehead atoms. The Morgan fingerprint density at radius 1 is 1.06 bits per heavy atom.